The van der Waals surface area contributed by atoms with E-state index in [1.165, 1.54) is 22.3 Å². The highest BCUT2D eigenvalue weighted by molar-refractivity contribution is 9.10. The van der Waals surface area contributed by atoms with Crippen molar-refractivity contribution in [2.24, 2.45) is 5.84 Å². The fourth-order valence-corrected chi connectivity index (χ4v) is 2.70. The zero-order chi connectivity index (χ0) is 13.8. The predicted molar refractivity (Wildman–Crippen MR) is 83.8 cm³/mol. The molecule has 3 N–H and O–H groups in total. The van der Waals surface area contributed by atoms with E-state index in [1.807, 2.05) is 0 Å². The summed E-state index contributed by atoms with van der Waals surface area (Å²) in [5.74, 6) is 5.74. The Bertz CT molecular complexity index is 566. The van der Waals surface area contributed by atoms with Crippen LogP contribution in [0.25, 0.3) is 0 Å². The zero-order valence-corrected chi connectivity index (χ0v) is 12.9. The number of aryl methyl sites for hydroxylation is 2. The first-order valence-corrected chi connectivity index (χ1v) is 7.17. The van der Waals surface area contributed by atoms with Crippen LogP contribution < -0.4 is 11.3 Å². The first kappa shape index (κ1) is 14.3. The predicted octanol–water partition coefficient (Wildman–Crippen LogP) is 3.81. The zero-order valence-electron chi connectivity index (χ0n) is 11.3. The lowest BCUT2D eigenvalue weighted by molar-refractivity contribution is 0.549. The number of hydrogen-bond acceptors (Lipinski definition) is 2. The molecule has 19 heavy (non-hydrogen) atoms. The van der Waals surface area contributed by atoms with E-state index in [1.54, 1.807) is 0 Å². The number of rotatable bonds is 4. The summed E-state index contributed by atoms with van der Waals surface area (Å²) in [6.07, 6.45) is 0.884. The summed E-state index contributed by atoms with van der Waals surface area (Å²) < 4.78 is 1.08. The minimum Gasteiger partial charge on any atom is -0.271 e. The molecule has 0 bridgehead atoms. The van der Waals surface area contributed by atoms with E-state index in [0.29, 0.717) is 0 Å². The summed E-state index contributed by atoms with van der Waals surface area (Å²) >= 11 is 3.52. The average molecular weight is 319 g/mol. The van der Waals surface area contributed by atoms with Crippen molar-refractivity contribution >= 4 is 15.9 Å². The van der Waals surface area contributed by atoms with Gasteiger partial charge in [0.05, 0.1) is 6.04 Å². The fourth-order valence-electron chi connectivity index (χ4n) is 2.32. The standard InChI is InChI=1S/C16H19BrN2/c1-11-4-3-5-13(8-11)9-16(19-18)15-10-14(17)7-6-12(15)2/h3-8,10,16,19H,9,18H2,1-2H3. The van der Waals surface area contributed by atoms with Crippen molar-refractivity contribution in [3.8, 4) is 0 Å². The molecule has 2 rings (SSSR count). The molecule has 3 heteroatoms. The Morgan fingerprint density at radius 2 is 1.95 bits per heavy atom. The van der Waals surface area contributed by atoms with Crippen molar-refractivity contribution in [2.45, 2.75) is 26.3 Å². The Morgan fingerprint density at radius 3 is 2.63 bits per heavy atom. The van der Waals surface area contributed by atoms with Gasteiger partial charge in [0.15, 0.2) is 0 Å². The lowest BCUT2D eigenvalue weighted by Crippen LogP contribution is -2.30. The van der Waals surface area contributed by atoms with Gasteiger partial charge in [0.1, 0.15) is 0 Å². The molecule has 0 aliphatic carbocycles. The molecule has 0 aliphatic rings. The van der Waals surface area contributed by atoms with E-state index in [2.05, 4.69) is 77.7 Å². The second-order valence-corrected chi connectivity index (χ2v) is 5.83. The Balaban J connectivity index is 2.27. The summed E-state index contributed by atoms with van der Waals surface area (Å²) in [6.45, 7) is 4.22. The van der Waals surface area contributed by atoms with Crippen molar-refractivity contribution in [3.05, 3.63) is 69.2 Å². The molecule has 0 spiro atoms. The normalized spacial score (nSPS) is 12.4. The summed E-state index contributed by atoms with van der Waals surface area (Å²) in [4.78, 5) is 0. The molecule has 0 radical (unpaired) electrons. The van der Waals surface area contributed by atoms with Gasteiger partial charge >= 0.3 is 0 Å². The number of hydrogen-bond donors (Lipinski definition) is 2. The van der Waals surface area contributed by atoms with Gasteiger partial charge in [0.25, 0.3) is 0 Å². The van der Waals surface area contributed by atoms with Gasteiger partial charge in [-0.15, -0.1) is 0 Å². The molecule has 0 heterocycles. The molecular weight excluding hydrogens is 300 g/mol. The van der Waals surface area contributed by atoms with Gasteiger partial charge in [-0.05, 0) is 49.1 Å². The number of nitrogens with one attached hydrogen (secondary N) is 1. The number of hydrazine groups is 1. The van der Waals surface area contributed by atoms with Crippen LogP contribution >= 0.6 is 15.9 Å². The molecule has 0 fully saturated rings. The fraction of sp³-hybridized carbons (Fsp3) is 0.250. The topological polar surface area (TPSA) is 38.0 Å². The number of benzene rings is 2. The second-order valence-electron chi connectivity index (χ2n) is 4.91. The molecule has 0 saturated heterocycles. The van der Waals surface area contributed by atoms with Crippen molar-refractivity contribution in [1.29, 1.82) is 0 Å². The van der Waals surface area contributed by atoms with Gasteiger partial charge < -0.3 is 0 Å². The van der Waals surface area contributed by atoms with E-state index in [-0.39, 0.29) is 6.04 Å². The summed E-state index contributed by atoms with van der Waals surface area (Å²) in [6, 6.07) is 15.0. The van der Waals surface area contributed by atoms with Gasteiger partial charge in [-0.3, -0.25) is 11.3 Å². The highest BCUT2D eigenvalue weighted by Crippen LogP contribution is 2.25. The third kappa shape index (κ3) is 3.66. The molecule has 1 unspecified atom stereocenters. The largest absolute Gasteiger partial charge is 0.271 e. The van der Waals surface area contributed by atoms with Gasteiger partial charge in [0, 0.05) is 4.47 Å². The van der Waals surface area contributed by atoms with Crippen LogP contribution in [0.4, 0.5) is 0 Å². The molecule has 2 aromatic rings. The smallest absolute Gasteiger partial charge is 0.0503 e. The molecule has 2 nitrogen and oxygen atoms in total. The van der Waals surface area contributed by atoms with Crippen LogP contribution in [0.5, 0.6) is 0 Å². The molecule has 1 atom stereocenters. The highest BCUT2D eigenvalue weighted by atomic mass is 79.9. The van der Waals surface area contributed by atoms with Crippen LogP contribution in [0.3, 0.4) is 0 Å². The number of nitrogens with two attached hydrogens (primary N) is 1. The molecule has 0 aliphatic heterocycles. The summed E-state index contributed by atoms with van der Waals surface area (Å²) in [5.41, 5.74) is 7.99. The highest BCUT2D eigenvalue weighted by Gasteiger charge is 2.13. The maximum absolute atomic E-state index is 5.74. The summed E-state index contributed by atoms with van der Waals surface area (Å²) in [7, 11) is 0. The minimum atomic E-state index is 0.124. The first-order valence-electron chi connectivity index (χ1n) is 6.38. The van der Waals surface area contributed by atoms with Crippen LogP contribution in [0.1, 0.15) is 28.3 Å². The molecule has 2 aromatic carbocycles. The second kappa shape index (κ2) is 6.33. The van der Waals surface area contributed by atoms with E-state index in [4.69, 9.17) is 5.84 Å². The van der Waals surface area contributed by atoms with Crippen LogP contribution in [-0.2, 0) is 6.42 Å². The van der Waals surface area contributed by atoms with Crippen LogP contribution in [0.2, 0.25) is 0 Å². The van der Waals surface area contributed by atoms with Crippen molar-refractivity contribution in [2.75, 3.05) is 0 Å². The van der Waals surface area contributed by atoms with Crippen molar-refractivity contribution in [1.82, 2.24) is 5.43 Å². The molecule has 0 aromatic heterocycles. The SMILES string of the molecule is Cc1cccc(CC(NN)c2cc(Br)ccc2C)c1. The van der Waals surface area contributed by atoms with E-state index in [9.17, 15) is 0 Å². The Morgan fingerprint density at radius 1 is 1.16 bits per heavy atom. The van der Waals surface area contributed by atoms with Gasteiger partial charge in [0.2, 0.25) is 0 Å². The monoisotopic (exact) mass is 318 g/mol. The molecule has 0 amide bonds. The van der Waals surface area contributed by atoms with E-state index >= 15 is 0 Å². The quantitative estimate of drug-likeness (QED) is 0.664. The Labute approximate surface area is 123 Å². The van der Waals surface area contributed by atoms with E-state index < -0.39 is 0 Å². The van der Waals surface area contributed by atoms with E-state index in [0.717, 1.165) is 10.9 Å². The minimum absolute atomic E-state index is 0.124. The Hall–Kier alpha value is -1.16. The van der Waals surface area contributed by atoms with Crippen LogP contribution in [-0.4, -0.2) is 0 Å². The summed E-state index contributed by atoms with van der Waals surface area (Å²) in [5, 5.41) is 0. The molecular formula is C16H19BrN2. The maximum Gasteiger partial charge on any atom is 0.0503 e. The first-order chi connectivity index (χ1) is 9.10. The van der Waals surface area contributed by atoms with Gasteiger partial charge in [-0.25, -0.2) is 0 Å². The maximum atomic E-state index is 5.74. The van der Waals surface area contributed by atoms with Crippen molar-refractivity contribution in [3.63, 3.8) is 0 Å². The third-order valence-corrected chi connectivity index (χ3v) is 3.83. The lowest BCUT2D eigenvalue weighted by atomic mass is 9.95. The Kier molecular flexibility index (Phi) is 4.75. The van der Waals surface area contributed by atoms with Gasteiger partial charge in [-0.1, -0.05) is 51.8 Å². The third-order valence-electron chi connectivity index (χ3n) is 3.34. The molecule has 0 saturated carbocycles. The van der Waals surface area contributed by atoms with Crippen LogP contribution in [0, 0.1) is 13.8 Å². The van der Waals surface area contributed by atoms with Crippen molar-refractivity contribution < 1.29 is 0 Å². The molecule has 100 valence electrons. The van der Waals surface area contributed by atoms with Crippen LogP contribution in [0.15, 0.2) is 46.9 Å². The average Bonchev–Trinajstić information content (AvgIpc) is 2.39. The number of halogens is 1. The lowest BCUT2D eigenvalue weighted by Gasteiger charge is -2.19. The van der Waals surface area contributed by atoms with Gasteiger partial charge in [-0.2, -0.15) is 0 Å².